The molecule has 2 rings (SSSR count). The van der Waals surface area contributed by atoms with Gasteiger partial charge in [-0.15, -0.1) is 0 Å². The Bertz CT molecular complexity index is 612. The van der Waals surface area contributed by atoms with Crippen LogP contribution in [-0.4, -0.2) is 35.9 Å². The van der Waals surface area contributed by atoms with Crippen LogP contribution in [0.5, 0.6) is 5.75 Å². The predicted molar refractivity (Wildman–Crippen MR) is 89.1 cm³/mol. The summed E-state index contributed by atoms with van der Waals surface area (Å²) >= 11 is 0. The van der Waals surface area contributed by atoms with Crippen LogP contribution in [-0.2, 0) is 16.1 Å². The van der Waals surface area contributed by atoms with Crippen LogP contribution in [0.3, 0.4) is 0 Å². The Hall–Kier alpha value is -2.18. The fraction of sp³-hybridized carbons (Fsp3) is 0.556. The molecular formula is C18H24F2N2O3. The zero-order valence-electron chi connectivity index (χ0n) is 14.7. The quantitative estimate of drug-likeness (QED) is 0.884. The molecule has 7 heteroatoms. The molecule has 2 amide bonds. The lowest BCUT2D eigenvalue weighted by molar-refractivity contribution is -0.144. The molecule has 0 radical (unpaired) electrons. The van der Waals surface area contributed by atoms with E-state index >= 15 is 0 Å². The zero-order chi connectivity index (χ0) is 18.6. The molecule has 1 unspecified atom stereocenters. The van der Waals surface area contributed by atoms with Gasteiger partial charge in [-0.2, -0.15) is 8.78 Å². The lowest BCUT2D eigenvalue weighted by atomic mass is 9.94. The van der Waals surface area contributed by atoms with Crippen LogP contribution in [0.25, 0.3) is 0 Å². The molecule has 1 N–H and O–H groups in total. The minimum absolute atomic E-state index is 0.0290. The summed E-state index contributed by atoms with van der Waals surface area (Å²) in [4.78, 5) is 26.5. The highest BCUT2D eigenvalue weighted by Gasteiger charge is 2.38. The second-order valence-electron chi connectivity index (χ2n) is 7.15. The van der Waals surface area contributed by atoms with Gasteiger partial charge in [-0.3, -0.25) is 9.59 Å². The molecule has 1 atom stereocenters. The molecule has 1 aromatic rings. The minimum Gasteiger partial charge on any atom is -0.435 e. The summed E-state index contributed by atoms with van der Waals surface area (Å²) in [6, 6.07) is 5.64. The highest BCUT2D eigenvalue weighted by atomic mass is 19.3. The van der Waals surface area contributed by atoms with Gasteiger partial charge >= 0.3 is 6.61 Å². The van der Waals surface area contributed by atoms with E-state index in [2.05, 4.69) is 10.1 Å². The number of rotatable bonds is 5. The van der Waals surface area contributed by atoms with Gasteiger partial charge < -0.3 is 15.0 Å². The summed E-state index contributed by atoms with van der Waals surface area (Å²) in [5.41, 5.74) is 0.241. The molecule has 1 heterocycles. The monoisotopic (exact) mass is 354 g/mol. The van der Waals surface area contributed by atoms with Crippen molar-refractivity contribution in [2.24, 2.45) is 5.41 Å². The Morgan fingerprint density at radius 2 is 1.92 bits per heavy atom. The van der Waals surface area contributed by atoms with Gasteiger partial charge in [-0.25, -0.2) is 0 Å². The molecule has 1 aliphatic heterocycles. The Kier molecular flexibility index (Phi) is 5.98. The standard InChI is InChI=1S/C18H24F2N2O3/c1-18(2,3)16(24)22-10-4-5-14(22)15(23)21-11-12-6-8-13(9-7-12)25-17(19)20/h6-9,14,17H,4-5,10-11H2,1-3H3,(H,21,23). The van der Waals surface area contributed by atoms with Crippen LogP contribution in [0.4, 0.5) is 8.78 Å². The number of benzene rings is 1. The van der Waals surface area contributed by atoms with E-state index < -0.39 is 18.1 Å². The van der Waals surface area contributed by atoms with Gasteiger partial charge in [-0.05, 0) is 30.5 Å². The number of nitrogens with zero attached hydrogens (tertiary/aromatic N) is 1. The number of nitrogens with one attached hydrogen (secondary N) is 1. The van der Waals surface area contributed by atoms with Crippen molar-refractivity contribution in [3.63, 3.8) is 0 Å². The molecular weight excluding hydrogens is 330 g/mol. The van der Waals surface area contributed by atoms with Gasteiger partial charge in [0.15, 0.2) is 0 Å². The first kappa shape index (κ1) is 19.1. The number of hydrogen-bond acceptors (Lipinski definition) is 3. The van der Waals surface area contributed by atoms with Crippen LogP contribution in [0.1, 0.15) is 39.2 Å². The van der Waals surface area contributed by atoms with Crippen LogP contribution < -0.4 is 10.1 Å². The second kappa shape index (κ2) is 7.80. The second-order valence-corrected chi connectivity index (χ2v) is 7.15. The largest absolute Gasteiger partial charge is 0.435 e. The molecule has 1 saturated heterocycles. The molecule has 138 valence electrons. The Morgan fingerprint density at radius 3 is 2.48 bits per heavy atom. The van der Waals surface area contributed by atoms with Gasteiger partial charge in [0.2, 0.25) is 11.8 Å². The summed E-state index contributed by atoms with van der Waals surface area (Å²) in [6.45, 7) is 3.51. The third kappa shape index (κ3) is 5.14. The average molecular weight is 354 g/mol. The summed E-state index contributed by atoms with van der Waals surface area (Å²) in [6.07, 6.45) is 1.45. The number of hydrogen-bond donors (Lipinski definition) is 1. The fourth-order valence-electron chi connectivity index (χ4n) is 2.81. The van der Waals surface area contributed by atoms with E-state index in [4.69, 9.17) is 0 Å². The molecule has 1 aromatic carbocycles. The molecule has 0 bridgehead atoms. The van der Waals surface area contributed by atoms with Crippen molar-refractivity contribution in [3.8, 4) is 5.75 Å². The Balaban J connectivity index is 1.92. The van der Waals surface area contributed by atoms with E-state index in [9.17, 15) is 18.4 Å². The van der Waals surface area contributed by atoms with Gasteiger partial charge in [-0.1, -0.05) is 32.9 Å². The van der Waals surface area contributed by atoms with Crippen molar-refractivity contribution >= 4 is 11.8 Å². The van der Waals surface area contributed by atoms with Crippen molar-refractivity contribution in [1.29, 1.82) is 0 Å². The number of amides is 2. The van der Waals surface area contributed by atoms with Crippen molar-refractivity contribution in [2.75, 3.05) is 6.54 Å². The fourth-order valence-corrected chi connectivity index (χ4v) is 2.81. The smallest absolute Gasteiger partial charge is 0.387 e. The van der Waals surface area contributed by atoms with E-state index in [0.717, 1.165) is 12.0 Å². The van der Waals surface area contributed by atoms with Crippen molar-refractivity contribution < 1.29 is 23.1 Å². The van der Waals surface area contributed by atoms with E-state index in [-0.39, 0.29) is 24.1 Å². The molecule has 0 aromatic heterocycles. The summed E-state index contributed by atoms with van der Waals surface area (Å²) in [5, 5.41) is 2.82. The van der Waals surface area contributed by atoms with E-state index in [1.165, 1.54) is 12.1 Å². The maximum Gasteiger partial charge on any atom is 0.387 e. The number of likely N-dealkylation sites (tertiary alicyclic amines) is 1. The van der Waals surface area contributed by atoms with Gasteiger partial charge in [0.1, 0.15) is 11.8 Å². The number of carbonyl (C=O) groups is 2. The molecule has 25 heavy (non-hydrogen) atoms. The first-order valence-electron chi connectivity index (χ1n) is 8.31. The lowest BCUT2D eigenvalue weighted by Crippen LogP contribution is -2.49. The summed E-state index contributed by atoms with van der Waals surface area (Å²) in [5.74, 6) is -0.149. The number of carbonyl (C=O) groups excluding carboxylic acids is 2. The van der Waals surface area contributed by atoms with Crippen molar-refractivity contribution in [3.05, 3.63) is 29.8 Å². The molecule has 5 nitrogen and oxygen atoms in total. The number of alkyl halides is 2. The lowest BCUT2D eigenvalue weighted by Gasteiger charge is -2.30. The van der Waals surface area contributed by atoms with Gasteiger partial charge in [0, 0.05) is 18.5 Å². The van der Waals surface area contributed by atoms with E-state index in [1.54, 1.807) is 17.0 Å². The van der Waals surface area contributed by atoms with E-state index in [0.29, 0.717) is 13.0 Å². The number of ether oxygens (including phenoxy) is 1. The molecule has 1 aliphatic rings. The minimum atomic E-state index is -2.86. The Labute approximate surface area is 146 Å². The summed E-state index contributed by atoms with van der Waals surface area (Å²) < 4.78 is 28.5. The third-order valence-electron chi connectivity index (χ3n) is 4.07. The predicted octanol–water partition coefficient (Wildman–Crippen LogP) is 2.94. The Morgan fingerprint density at radius 1 is 1.28 bits per heavy atom. The average Bonchev–Trinajstić information content (AvgIpc) is 3.01. The number of halogens is 2. The molecule has 0 aliphatic carbocycles. The van der Waals surface area contributed by atoms with Crippen LogP contribution in [0.2, 0.25) is 0 Å². The molecule has 0 saturated carbocycles. The van der Waals surface area contributed by atoms with Gasteiger partial charge in [0.05, 0.1) is 0 Å². The van der Waals surface area contributed by atoms with Crippen molar-refractivity contribution in [2.45, 2.75) is 52.8 Å². The first-order chi connectivity index (χ1) is 11.7. The van der Waals surface area contributed by atoms with Crippen molar-refractivity contribution in [1.82, 2.24) is 10.2 Å². The van der Waals surface area contributed by atoms with Gasteiger partial charge in [0.25, 0.3) is 0 Å². The third-order valence-corrected chi connectivity index (χ3v) is 4.07. The zero-order valence-corrected chi connectivity index (χ0v) is 14.7. The maximum atomic E-state index is 12.5. The molecule has 1 fully saturated rings. The topological polar surface area (TPSA) is 58.6 Å². The molecule has 0 spiro atoms. The normalized spacial score (nSPS) is 17.7. The SMILES string of the molecule is CC(C)(C)C(=O)N1CCCC1C(=O)NCc1ccc(OC(F)F)cc1. The van der Waals surface area contributed by atoms with Crippen LogP contribution in [0, 0.1) is 5.41 Å². The summed E-state index contributed by atoms with van der Waals surface area (Å²) in [7, 11) is 0. The van der Waals surface area contributed by atoms with E-state index in [1.807, 2.05) is 20.8 Å². The van der Waals surface area contributed by atoms with Crippen LogP contribution in [0.15, 0.2) is 24.3 Å². The van der Waals surface area contributed by atoms with Crippen LogP contribution >= 0.6 is 0 Å². The highest BCUT2D eigenvalue weighted by Crippen LogP contribution is 2.25. The highest BCUT2D eigenvalue weighted by molar-refractivity contribution is 5.90. The first-order valence-corrected chi connectivity index (χ1v) is 8.31. The maximum absolute atomic E-state index is 12.5.